The zero-order valence-corrected chi connectivity index (χ0v) is 8.45. The molecular weight excluding hydrogens is 200 g/mol. The van der Waals surface area contributed by atoms with Crippen LogP contribution in [-0.2, 0) is 23.9 Å². The van der Waals surface area contributed by atoms with Crippen LogP contribution in [0.25, 0.3) is 0 Å². The van der Waals surface area contributed by atoms with Gasteiger partial charge in [-0.3, -0.25) is 14.4 Å². The average molecular weight is 212 g/mol. The topological polar surface area (TPSA) is 77.5 Å². The molecule has 0 saturated heterocycles. The Morgan fingerprint density at radius 1 is 1.40 bits per heavy atom. The molecular formula is C10H12O5. The smallest absolute Gasteiger partial charge is 0.375 e. The van der Waals surface area contributed by atoms with Gasteiger partial charge in [0.2, 0.25) is 5.78 Å². The van der Waals surface area contributed by atoms with Crippen LogP contribution in [0.4, 0.5) is 0 Å². The summed E-state index contributed by atoms with van der Waals surface area (Å²) in [6.45, 7) is 1.65. The van der Waals surface area contributed by atoms with E-state index in [-0.39, 0.29) is 19.4 Å². The minimum Gasteiger partial charge on any atom is -0.460 e. The van der Waals surface area contributed by atoms with Crippen LogP contribution < -0.4 is 0 Å². The lowest BCUT2D eigenvalue weighted by Gasteiger charge is -2.16. The van der Waals surface area contributed by atoms with Crippen molar-refractivity contribution in [3.63, 3.8) is 0 Å². The van der Waals surface area contributed by atoms with E-state index in [2.05, 4.69) is 4.74 Å². The van der Waals surface area contributed by atoms with Gasteiger partial charge in [-0.2, -0.15) is 0 Å². The number of rotatable bonds is 3. The van der Waals surface area contributed by atoms with Crippen molar-refractivity contribution in [2.45, 2.75) is 26.2 Å². The van der Waals surface area contributed by atoms with E-state index in [1.165, 1.54) is 0 Å². The van der Waals surface area contributed by atoms with Crippen molar-refractivity contribution in [2.75, 3.05) is 6.61 Å². The van der Waals surface area contributed by atoms with E-state index >= 15 is 0 Å². The maximum Gasteiger partial charge on any atom is 0.375 e. The molecule has 0 aromatic rings. The number of hydrogen-bond donors (Lipinski definition) is 0. The standard InChI is InChI=1S/C10H12O5/c1-2-15-10(14)9(13)6-4-3-5-7(11)8(6)12/h6H,2-5H2,1H3. The third-order valence-corrected chi connectivity index (χ3v) is 2.28. The lowest BCUT2D eigenvalue weighted by atomic mass is 9.84. The van der Waals surface area contributed by atoms with Gasteiger partial charge in [0.15, 0.2) is 5.78 Å². The fourth-order valence-corrected chi connectivity index (χ4v) is 1.51. The summed E-state index contributed by atoms with van der Waals surface area (Å²) >= 11 is 0. The van der Waals surface area contributed by atoms with Crippen LogP contribution in [0.3, 0.4) is 0 Å². The molecule has 1 aliphatic carbocycles. The van der Waals surface area contributed by atoms with E-state index < -0.39 is 29.2 Å². The fraction of sp³-hybridized carbons (Fsp3) is 0.600. The quantitative estimate of drug-likeness (QED) is 0.375. The highest BCUT2D eigenvalue weighted by atomic mass is 16.5. The van der Waals surface area contributed by atoms with Gasteiger partial charge in [0, 0.05) is 6.42 Å². The lowest BCUT2D eigenvalue weighted by molar-refractivity contribution is -0.158. The summed E-state index contributed by atoms with van der Waals surface area (Å²) in [4.78, 5) is 44.8. The first-order valence-corrected chi connectivity index (χ1v) is 4.86. The van der Waals surface area contributed by atoms with E-state index in [1.807, 2.05) is 0 Å². The summed E-state index contributed by atoms with van der Waals surface area (Å²) in [7, 11) is 0. The predicted octanol–water partition coefficient (Wildman–Crippen LogP) is 0.0569. The van der Waals surface area contributed by atoms with Crippen molar-refractivity contribution in [2.24, 2.45) is 5.92 Å². The zero-order chi connectivity index (χ0) is 11.4. The Bertz CT molecular complexity index is 318. The van der Waals surface area contributed by atoms with Gasteiger partial charge in [0.05, 0.1) is 12.5 Å². The number of esters is 1. The summed E-state index contributed by atoms with van der Waals surface area (Å²) < 4.78 is 4.49. The summed E-state index contributed by atoms with van der Waals surface area (Å²) in [6.07, 6.45) is 0.911. The van der Waals surface area contributed by atoms with E-state index in [0.717, 1.165) is 0 Å². The highest BCUT2D eigenvalue weighted by Crippen LogP contribution is 2.19. The normalized spacial score (nSPS) is 21.3. The molecule has 1 rings (SSSR count). The van der Waals surface area contributed by atoms with Crippen molar-refractivity contribution in [1.29, 1.82) is 0 Å². The van der Waals surface area contributed by atoms with Gasteiger partial charge in [-0.1, -0.05) is 0 Å². The van der Waals surface area contributed by atoms with Gasteiger partial charge in [-0.05, 0) is 19.8 Å². The highest BCUT2D eigenvalue weighted by Gasteiger charge is 2.38. The van der Waals surface area contributed by atoms with Crippen molar-refractivity contribution < 1.29 is 23.9 Å². The molecule has 82 valence electrons. The number of hydrogen-bond acceptors (Lipinski definition) is 5. The van der Waals surface area contributed by atoms with E-state index in [4.69, 9.17) is 0 Å². The molecule has 0 aromatic carbocycles. The first kappa shape index (κ1) is 11.6. The lowest BCUT2D eigenvalue weighted by Crippen LogP contribution is -2.38. The molecule has 0 radical (unpaired) electrons. The van der Waals surface area contributed by atoms with Crippen LogP contribution in [0.2, 0.25) is 0 Å². The number of Topliss-reactive ketones (excluding diaryl/α,β-unsaturated/α-hetero) is 3. The molecule has 1 saturated carbocycles. The molecule has 0 aromatic heterocycles. The number of carbonyl (C=O) groups is 4. The van der Waals surface area contributed by atoms with E-state index in [0.29, 0.717) is 6.42 Å². The number of ether oxygens (including phenoxy) is 1. The van der Waals surface area contributed by atoms with Crippen LogP contribution in [0.15, 0.2) is 0 Å². The summed E-state index contributed by atoms with van der Waals surface area (Å²) in [6, 6.07) is 0. The Hall–Kier alpha value is -1.52. The molecule has 5 nitrogen and oxygen atoms in total. The third-order valence-electron chi connectivity index (χ3n) is 2.28. The van der Waals surface area contributed by atoms with Crippen LogP contribution in [0.1, 0.15) is 26.2 Å². The number of ketones is 3. The van der Waals surface area contributed by atoms with E-state index in [9.17, 15) is 19.2 Å². The van der Waals surface area contributed by atoms with Gasteiger partial charge in [0.25, 0.3) is 5.78 Å². The minimum absolute atomic E-state index is 0.0828. The molecule has 0 spiro atoms. The molecule has 15 heavy (non-hydrogen) atoms. The Labute approximate surface area is 86.8 Å². The summed E-state index contributed by atoms with van der Waals surface area (Å²) in [5, 5.41) is 0. The van der Waals surface area contributed by atoms with Crippen LogP contribution in [0.5, 0.6) is 0 Å². The first-order valence-electron chi connectivity index (χ1n) is 4.86. The maximum atomic E-state index is 11.4. The van der Waals surface area contributed by atoms with Crippen LogP contribution in [-0.4, -0.2) is 29.9 Å². The summed E-state index contributed by atoms with van der Waals surface area (Å²) in [5.74, 6) is -4.34. The largest absolute Gasteiger partial charge is 0.460 e. The van der Waals surface area contributed by atoms with Crippen molar-refractivity contribution in [3.8, 4) is 0 Å². The second-order valence-electron chi connectivity index (χ2n) is 3.32. The molecule has 0 heterocycles. The van der Waals surface area contributed by atoms with Crippen LogP contribution in [0, 0.1) is 5.92 Å². The molecule has 0 aliphatic heterocycles. The average Bonchev–Trinajstić information content (AvgIpc) is 2.21. The van der Waals surface area contributed by atoms with Crippen molar-refractivity contribution in [3.05, 3.63) is 0 Å². The Morgan fingerprint density at radius 3 is 2.67 bits per heavy atom. The highest BCUT2D eigenvalue weighted by molar-refractivity contribution is 6.49. The van der Waals surface area contributed by atoms with Crippen molar-refractivity contribution >= 4 is 23.3 Å². The predicted molar refractivity (Wildman–Crippen MR) is 49.0 cm³/mol. The van der Waals surface area contributed by atoms with Gasteiger partial charge in [-0.15, -0.1) is 0 Å². The van der Waals surface area contributed by atoms with Gasteiger partial charge >= 0.3 is 5.97 Å². The van der Waals surface area contributed by atoms with Crippen molar-refractivity contribution in [1.82, 2.24) is 0 Å². The molecule has 1 unspecified atom stereocenters. The van der Waals surface area contributed by atoms with Gasteiger partial charge < -0.3 is 4.74 Å². The summed E-state index contributed by atoms with van der Waals surface area (Å²) in [5.41, 5.74) is 0. The Balaban J connectivity index is 2.70. The first-order chi connectivity index (χ1) is 7.07. The molecule has 1 atom stereocenters. The Kier molecular flexibility index (Phi) is 3.71. The molecule has 0 N–H and O–H groups in total. The Morgan fingerprint density at radius 2 is 2.07 bits per heavy atom. The SMILES string of the molecule is CCOC(=O)C(=O)C1CCCC(=O)C1=O. The molecule has 1 fully saturated rings. The minimum atomic E-state index is -1.11. The zero-order valence-electron chi connectivity index (χ0n) is 8.45. The van der Waals surface area contributed by atoms with Gasteiger partial charge in [0.1, 0.15) is 0 Å². The number of carbonyl (C=O) groups excluding carboxylic acids is 4. The van der Waals surface area contributed by atoms with Gasteiger partial charge in [-0.25, -0.2) is 4.79 Å². The van der Waals surface area contributed by atoms with Crippen LogP contribution >= 0.6 is 0 Å². The molecule has 1 aliphatic rings. The molecule has 0 amide bonds. The molecule has 0 bridgehead atoms. The maximum absolute atomic E-state index is 11.4. The second-order valence-corrected chi connectivity index (χ2v) is 3.32. The van der Waals surface area contributed by atoms with E-state index in [1.54, 1.807) is 6.92 Å². The molecule has 5 heteroatoms. The fourth-order valence-electron chi connectivity index (χ4n) is 1.51. The monoisotopic (exact) mass is 212 g/mol. The second kappa shape index (κ2) is 4.82. The third kappa shape index (κ3) is 2.49.